The van der Waals surface area contributed by atoms with Crippen molar-refractivity contribution in [2.75, 3.05) is 11.9 Å². The van der Waals surface area contributed by atoms with E-state index in [1.807, 2.05) is 30.4 Å². The van der Waals surface area contributed by atoms with Crippen molar-refractivity contribution in [1.29, 1.82) is 0 Å². The molecule has 20 heavy (non-hydrogen) atoms. The van der Waals surface area contributed by atoms with Gasteiger partial charge in [0.2, 0.25) is 5.95 Å². The van der Waals surface area contributed by atoms with Gasteiger partial charge in [0, 0.05) is 31.2 Å². The van der Waals surface area contributed by atoms with Gasteiger partial charge in [-0.05, 0) is 43.0 Å². The fraction of sp³-hybridized carbons (Fsp3) is 0.375. The van der Waals surface area contributed by atoms with Crippen LogP contribution in [0, 0.1) is 6.92 Å². The molecular formula is C16H22N4. The van der Waals surface area contributed by atoms with E-state index in [0.717, 1.165) is 24.1 Å². The molecule has 4 nitrogen and oxygen atoms in total. The molecule has 0 spiro atoms. The van der Waals surface area contributed by atoms with E-state index in [9.17, 15) is 0 Å². The molecule has 0 bridgehead atoms. The Labute approximate surface area is 120 Å². The lowest BCUT2D eigenvalue weighted by atomic mass is 10.1. The molecule has 1 unspecified atom stereocenters. The van der Waals surface area contributed by atoms with Crippen molar-refractivity contribution in [3.05, 3.63) is 47.8 Å². The van der Waals surface area contributed by atoms with E-state index in [2.05, 4.69) is 42.0 Å². The molecule has 0 aliphatic rings. The van der Waals surface area contributed by atoms with Crippen LogP contribution in [0.25, 0.3) is 0 Å². The highest BCUT2D eigenvalue weighted by Crippen LogP contribution is 2.20. The second-order valence-corrected chi connectivity index (χ2v) is 5.16. The Balaban J connectivity index is 2.13. The molecular weight excluding hydrogens is 248 g/mol. The zero-order chi connectivity index (χ0) is 14.5. The van der Waals surface area contributed by atoms with E-state index in [0.29, 0.717) is 5.95 Å². The Morgan fingerprint density at radius 2 is 1.95 bits per heavy atom. The van der Waals surface area contributed by atoms with Crippen LogP contribution >= 0.6 is 0 Å². The average molecular weight is 270 g/mol. The summed E-state index contributed by atoms with van der Waals surface area (Å²) in [6, 6.07) is 8.46. The first-order valence-corrected chi connectivity index (χ1v) is 6.97. The van der Waals surface area contributed by atoms with Gasteiger partial charge in [0.05, 0.1) is 0 Å². The van der Waals surface area contributed by atoms with Crippen LogP contribution in [0.15, 0.2) is 36.7 Å². The van der Waals surface area contributed by atoms with Crippen LogP contribution < -0.4 is 10.6 Å². The van der Waals surface area contributed by atoms with Crippen LogP contribution in [-0.2, 0) is 6.42 Å². The van der Waals surface area contributed by atoms with E-state index in [1.165, 1.54) is 5.56 Å². The lowest BCUT2D eigenvalue weighted by molar-refractivity contribution is 0.643. The van der Waals surface area contributed by atoms with Gasteiger partial charge < -0.3 is 10.6 Å². The zero-order valence-corrected chi connectivity index (χ0v) is 12.4. The highest BCUT2D eigenvalue weighted by molar-refractivity contribution is 5.56. The lowest BCUT2D eigenvalue weighted by Crippen LogP contribution is -2.21. The minimum atomic E-state index is 0.180. The topological polar surface area (TPSA) is 55.0 Å². The van der Waals surface area contributed by atoms with Gasteiger partial charge in [0.15, 0.2) is 0 Å². The van der Waals surface area contributed by atoms with Crippen LogP contribution in [0.3, 0.4) is 0 Å². The summed E-state index contributed by atoms with van der Waals surface area (Å²) >= 11 is 0. The second kappa shape index (κ2) is 6.48. The predicted octanol–water partition coefficient (Wildman–Crippen LogP) is 2.83. The van der Waals surface area contributed by atoms with E-state index in [-0.39, 0.29) is 6.04 Å². The van der Waals surface area contributed by atoms with Crippen LogP contribution in [-0.4, -0.2) is 23.1 Å². The number of aryl methyl sites for hydroxylation is 1. The summed E-state index contributed by atoms with van der Waals surface area (Å²) < 4.78 is 0. The molecule has 1 aromatic heterocycles. The fourth-order valence-electron chi connectivity index (χ4n) is 2.03. The maximum absolute atomic E-state index is 5.94. The molecule has 2 rings (SSSR count). The van der Waals surface area contributed by atoms with Gasteiger partial charge in [0.25, 0.3) is 0 Å². The molecule has 0 aliphatic carbocycles. The van der Waals surface area contributed by atoms with Crippen LogP contribution in [0.2, 0.25) is 0 Å². The van der Waals surface area contributed by atoms with Crippen LogP contribution in [0.1, 0.15) is 24.5 Å². The molecule has 2 aromatic rings. The summed E-state index contributed by atoms with van der Waals surface area (Å²) in [7, 11) is 1.97. The Morgan fingerprint density at radius 3 is 2.55 bits per heavy atom. The predicted molar refractivity (Wildman–Crippen MR) is 83.2 cm³/mol. The van der Waals surface area contributed by atoms with Gasteiger partial charge in [-0.25, -0.2) is 9.97 Å². The summed E-state index contributed by atoms with van der Waals surface area (Å²) in [5.74, 6) is 0.699. The molecule has 0 amide bonds. The lowest BCUT2D eigenvalue weighted by Gasteiger charge is -2.18. The largest absolute Gasteiger partial charge is 0.327 e. The number of anilines is 2. The molecule has 0 fully saturated rings. The molecule has 0 saturated carbocycles. The third-order valence-corrected chi connectivity index (χ3v) is 3.40. The van der Waals surface area contributed by atoms with Crippen molar-refractivity contribution in [1.82, 2.24) is 9.97 Å². The number of hydrogen-bond donors (Lipinski definition) is 1. The standard InChI is InChI=1S/C16H22N4/c1-4-14(17)9-13-10-18-16(19-11-13)20(3)15-7-5-6-12(2)8-15/h5-8,10-11,14H,4,9,17H2,1-3H3. The molecule has 1 heterocycles. The summed E-state index contributed by atoms with van der Waals surface area (Å²) in [5, 5.41) is 0. The van der Waals surface area contributed by atoms with Crippen molar-refractivity contribution < 1.29 is 0 Å². The van der Waals surface area contributed by atoms with E-state index in [1.54, 1.807) is 0 Å². The highest BCUT2D eigenvalue weighted by atomic mass is 15.2. The number of nitrogens with two attached hydrogens (primary N) is 1. The third kappa shape index (κ3) is 3.54. The first-order chi connectivity index (χ1) is 9.60. The Hall–Kier alpha value is -1.94. The first-order valence-electron chi connectivity index (χ1n) is 6.97. The molecule has 1 aromatic carbocycles. The fourth-order valence-corrected chi connectivity index (χ4v) is 2.03. The summed E-state index contributed by atoms with van der Waals surface area (Å²) in [4.78, 5) is 10.8. The highest BCUT2D eigenvalue weighted by Gasteiger charge is 2.08. The Morgan fingerprint density at radius 1 is 1.25 bits per heavy atom. The van der Waals surface area contributed by atoms with Gasteiger partial charge in [-0.2, -0.15) is 0 Å². The van der Waals surface area contributed by atoms with Crippen molar-refractivity contribution in [2.45, 2.75) is 32.7 Å². The summed E-state index contributed by atoms with van der Waals surface area (Å²) in [6.07, 6.45) is 5.52. The average Bonchev–Trinajstić information content (AvgIpc) is 2.47. The minimum absolute atomic E-state index is 0.180. The number of rotatable bonds is 5. The normalized spacial score (nSPS) is 12.2. The molecule has 1 atom stereocenters. The number of nitrogens with zero attached hydrogens (tertiary/aromatic N) is 3. The van der Waals surface area contributed by atoms with E-state index in [4.69, 9.17) is 5.73 Å². The maximum atomic E-state index is 5.94. The Kier molecular flexibility index (Phi) is 4.69. The molecule has 106 valence electrons. The van der Waals surface area contributed by atoms with Gasteiger partial charge in [0.1, 0.15) is 0 Å². The zero-order valence-electron chi connectivity index (χ0n) is 12.4. The minimum Gasteiger partial charge on any atom is -0.327 e. The van der Waals surface area contributed by atoms with Crippen molar-refractivity contribution in [3.8, 4) is 0 Å². The number of benzene rings is 1. The first kappa shape index (κ1) is 14.5. The molecule has 0 aliphatic heterocycles. The van der Waals surface area contributed by atoms with E-state index >= 15 is 0 Å². The Bertz CT molecular complexity index is 551. The maximum Gasteiger partial charge on any atom is 0.229 e. The van der Waals surface area contributed by atoms with Crippen LogP contribution in [0.4, 0.5) is 11.6 Å². The van der Waals surface area contributed by atoms with Gasteiger partial charge in [-0.1, -0.05) is 19.1 Å². The van der Waals surface area contributed by atoms with Crippen LogP contribution in [0.5, 0.6) is 0 Å². The quantitative estimate of drug-likeness (QED) is 0.907. The molecule has 0 radical (unpaired) electrons. The third-order valence-electron chi connectivity index (χ3n) is 3.40. The smallest absolute Gasteiger partial charge is 0.229 e. The molecule has 4 heteroatoms. The van der Waals surface area contributed by atoms with Crippen molar-refractivity contribution in [2.24, 2.45) is 5.73 Å². The number of aromatic nitrogens is 2. The summed E-state index contributed by atoms with van der Waals surface area (Å²) in [5.41, 5.74) is 9.34. The molecule has 0 saturated heterocycles. The number of hydrogen-bond acceptors (Lipinski definition) is 4. The SMILES string of the molecule is CCC(N)Cc1cnc(N(C)c2cccc(C)c2)nc1. The summed E-state index contributed by atoms with van der Waals surface area (Å²) in [6.45, 7) is 4.17. The van der Waals surface area contributed by atoms with Crippen molar-refractivity contribution in [3.63, 3.8) is 0 Å². The monoisotopic (exact) mass is 270 g/mol. The molecule has 2 N–H and O–H groups in total. The second-order valence-electron chi connectivity index (χ2n) is 5.16. The van der Waals surface area contributed by atoms with Gasteiger partial charge in [-0.15, -0.1) is 0 Å². The van der Waals surface area contributed by atoms with Crippen molar-refractivity contribution >= 4 is 11.6 Å². The van der Waals surface area contributed by atoms with E-state index < -0.39 is 0 Å². The van der Waals surface area contributed by atoms with Gasteiger partial charge in [-0.3, -0.25) is 0 Å². The van der Waals surface area contributed by atoms with Gasteiger partial charge >= 0.3 is 0 Å².